The fourth-order valence-electron chi connectivity index (χ4n) is 1.36. The molecule has 0 aromatic carbocycles. The van der Waals surface area contributed by atoms with Crippen molar-refractivity contribution in [3.8, 4) is 0 Å². The predicted molar refractivity (Wildman–Crippen MR) is 57.2 cm³/mol. The summed E-state index contributed by atoms with van der Waals surface area (Å²) in [6, 6.07) is 0. The Morgan fingerprint density at radius 2 is 1.53 bits per heavy atom. The van der Waals surface area contributed by atoms with Gasteiger partial charge in [0.25, 0.3) is 0 Å². The van der Waals surface area contributed by atoms with Gasteiger partial charge in [-0.15, -0.1) is 0 Å². The van der Waals surface area contributed by atoms with E-state index in [1.54, 1.807) is 13.8 Å². The maximum absolute atomic E-state index is 10.9. The van der Waals surface area contributed by atoms with E-state index in [9.17, 15) is 4.79 Å². The highest BCUT2D eigenvalue weighted by molar-refractivity contribution is 5.89. The normalized spacial score (nSPS) is 11.5. The number of carboxylic acid groups (broad SMARTS) is 1. The highest BCUT2D eigenvalue weighted by Crippen LogP contribution is 2.20. The van der Waals surface area contributed by atoms with Gasteiger partial charge in [-0.05, 0) is 13.8 Å². The average molecular weight is 208 g/mol. The van der Waals surface area contributed by atoms with E-state index in [0.717, 1.165) is 0 Å². The summed E-state index contributed by atoms with van der Waals surface area (Å²) in [6.45, 7) is 9.41. The number of hydrogen-bond acceptors (Lipinski definition) is 3. The highest BCUT2D eigenvalue weighted by Gasteiger charge is 2.21. The minimum absolute atomic E-state index is 0.160. The fourth-order valence-corrected chi connectivity index (χ4v) is 1.36. The minimum atomic E-state index is -0.967. The van der Waals surface area contributed by atoms with Crippen LogP contribution in [0, 0.1) is 13.8 Å². The monoisotopic (exact) mass is 208 g/mol. The van der Waals surface area contributed by atoms with Crippen molar-refractivity contribution in [2.75, 3.05) is 0 Å². The lowest BCUT2D eigenvalue weighted by molar-refractivity contribution is 0.0694. The van der Waals surface area contributed by atoms with Gasteiger partial charge in [-0.2, -0.15) is 0 Å². The Hall–Kier alpha value is -1.45. The Labute approximate surface area is 89.4 Å². The molecule has 4 nitrogen and oxygen atoms in total. The van der Waals surface area contributed by atoms with Gasteiger partial charge in [-0.3, -0.25) is 0 Å². The van der Waals surface area contributed by atoms with E-state index in [1.165, 1.54) is 0 Å². The zero-order valence-electron chi connectivity index (χ0n) is 9.75. The Morgan fingerprint density at radius 1 is 1.13 bits per heavy atom. The Morgan fingerprint density at radius 3 is 1.80 bits per heavy atom. The molecule has 0 radical (unpaired) electrons. The Balaban J connectivity index is 3.39. The van der Waals surface area contributed by atoms with E-state index in [4.69, 9.17) is 5.11 Å². The summed E-state index contributed by atoms with van der Waals surface area (Å²) in [5.74, 6) is -0.284. The molecule has 0 saturated carbocycles. The first kappa shape index (κ1) is 11.6. The van der Waals surface area contributed by atoms with Crippen LogP contribution in [0.25, 0.3) is 0 Å². The summed E-state index contributed by atoms with van der Waals surface area (Å²) < 4.78 is 0. The van der Waals surface area contributed by atoms with Crippen LogP contribution in [0.4, 0.5) is 0 Å². The number of rotatable bonds is 1. The van der Waals surface area contributed by atoms with Crippen molar-refractivity contribution in [2.24, 2.45) is 0 Å². The number of carbonyl (C=O) groups is 1. The number of hydrogen-bond donors (Lipinski definition) is 1. The van der Waals surface area contributed by atoms with Crippen LogP contribution in [-0.2, 0) is 5.41 Å². The number of aromatic carboxylic acids is 1. The Bertz CT molecular complexity index is 383. The third-order valence-electron chi connectivity index (χ3n) is 2.16. The number of nitrogens with zero attached hydrogens (tertiary/aromatic N) is 2. The molecular weight excluding hydrogens is 192 g/mol. The molecule has 4 heteroatoms. The minimum Gasteiger partial charge on any atom is -0.478 e. The number of carboxylic acids is 1. The second-order valence-corrected chi connectivity index (χ2v) is 4.65. The van der Waals surface area contributed by atoms with Gasteiger partial charge in [-0.1, -0.05) is 20.8 Å². The first-order chi connectivity index (χ1) is 6.73. The molecule has 1 rings (SSSR count). The molecule has 1 heterocycles. The van der Waals surface area contributed by atoms with Crippen LogP contribution >= 0.6 is 0 Å². The van der Waals surface area contributed by atoms with Gasteiger partial charge in [-0.25, -0.2) is 14.8 Å². The molecule has 0 aliphatic heterocycles. The van der Waals surface area contributed by atoms with Crippen LogP contribution < -0.4 is 0 Å². The van der Waals surface area contributed by atoms with Gasteiger partial charge < -0.3 is 5.11 Å². The number of aryl methyl sites for hydroxylation is 2. The van der Waals surface area contributed by atoms with Crippen molar-refractivity contribution in [1.29, 1.82) is 0 Å². The van der Waals surface area contributed by atoms with Crippen molar-refractivity contribution in [3.63, 3.8) is 0 Å². The topological polar surface area (TPSA) is 63.1 Å². The fraction of sp³-hybridized carbons (Fsp3) is 0.545. The maximum Gasteiger partial charge on any atom is 0.339 e. The van der Waals surface area contributed by atoms with E-state index in [-0.39, 0.29) is 11.0 Å². The van der Waals surface area contributed by atoms with Crippen LogP contribution in [0.1, 0.15) is 48.3 Å². The van der Waals surface area contributed by atoms with Crippen LogP contribution in [0.3, 0.4) is 0 Å². The molecule has 1 aromatic heterocycles. The van der Waals surface area contributed by atoms with Gasteiger partial charge in [0, 0.05) is 5.41 Å². The molecule has 0 saturated heterocycles. The molecule has 0 unspecified atom stereocenters. The van der Waals surface area contributed by atoms with E-state index in [2.05, 4.69) is 9.97 Å². The largest absolute Gasteiger partial charge is 0.478 e. The lowest BCUT2D eigenvalue weighted by Crippen LogP contribution is -2.19. The summed E-state index contributed by atoms with van der Waals surface area (Å²) in [5.41, 5.74) is 1.11. The molecule has 0 amide bonds. The molecule has 82 valence electrons. The second kappa shape index (κ2) is 3.61. The molecule has 0 atom stereocenters. The first-order valence-electron chi connectivity index (χ1n) is 4.82. The summed E-state index contributed by atoms with van der Waals surface area (Å²) in [7, 11) is 0. The van der Waals surface area contributed by atoms with Crippen LogP contribution in [0.5, 0.6) is 0 Å². The van der Waals surface area contributed by atoms with E-state index in [1.807, 2.05) is 20.8 Å². The molecule has 0 bridgehead atoms. The molecular formula is C11H16N2O2. The lowest BCUT2D eigenvalue weighted by atomic mass is 9.95. The van der Waals surface area contributed by atoms with Gasteiger partial charge in [0.1, 0.15) is 11.4 Å². The predicted octanol–water partition coefficient (Wildman–Crippen LogP) is 2.09. The summed E-state index contributed by atoms with van der Waals surface area (Å²) >= 11 is 0. The third-order valence-corrected chi connectivity index (χ3v) is 2.16. The second-order valence-electron chi connectivity index (χ2n) is 4.65. The van der Waals surface area contributed by atoms with Crippen LogP contribution in [0.15, 0.2) is 0 Å². The zero-order valence-corrected chi connectivity index (χ0v) is 9.75. The summed E-state index contributed by atoms with van der Waals surface area (Å²) in [6.07, 6.45) is 0. The standard InChI is InChI=1S/C11H16N2O2/c1-6-8(9(14)15)7(2)13-10(12-6)11(3,4)5/h1-5H3,(H,14,15). The first-order valence-corrected chi connectivity index (χ1v) is 4.82. The summed E-state index contributed by atoms with van der Waals surface area (Å²) in [4.78, 5) is 19.4. The third kappa shape index (κ3) is 2.32. The van der Waals surface area contributed by atoms with Crippen molar-refractivity contribution >= 4 is 5.97 Å². The van der Waals surface area contributed by atoms with Crippen molar-refractivity contribution in [3.05, 3.63) is 22.8 Å². The van der Waals surface area contributed by atoms with E-state index >= 15 is 0 Å². The van der Waals surface area contributed by atoms with E-state index < -0.39 is 5.97 Å². The molecule has 1 aromatic rings. The van der Waals surface area contributed by atoms with Crippen molar-refractivity contribution in [2.45, 2.75) is 40.0 Å². The summed E-state index contributed by atoms with van der Waals surface area (Å²) in [5, 5.41) is 8.96. The van der Waals surface area contributed by atoms with E-state index in [0.29, 0.717) is 17.2 Å². The molecule has 1 N–H and O–H groups in total. The SMILES string of the molecule is Cc1nc(C(C)(C)C)nc(C)c1C(=O)O. The van der Waals surface area contributed by atoms with Gasteiger partial charge in [0.2, 0.25) is 0 Å². The quantitative estimate of drug-likeness (QED) is 0.767. The zero-order chi connectivity index (χ0) is 11.8. The van der Waals surface area contributed by atoms with Crippen LogP contribution in [-0.4, -0.2) is 21.0 Å². The van der Waals surface area contributed by atoms with Gasteiger partial charge in [0.15, 0.2) is 0 Å². The lowest BCUT2D eigenvalue weighted by Gasteiger charge is -2.18. The molecule has 0 aliphatic carbocycles. The average Bonchev–Trinajstić information content (AvgIpc) is 1.99. The number of aromatic nitrogens is 2. The van der Waals surface area contributed by atoms with Gasteiger partial charge in [0.05, 0.1) is 11.4 Å². The smallest absolute Gasteiger partial charge is 0.339 e. The molecule has 0 fully saturated rings. The van der Waals surface area contributed by atoms with Crippen molar-refractivity contribution < 1.29 is 9.90 Å². The van der Waals surface area contributed by atoms with Gasteiger partial charge >= 0.3 is 5.97 Å². The maximum atomic E-state index is 10.9. The van der Waals surface area contributed by atoms with Crippen LogP contribution in [0.2, 0.25) is 0 Å². The molecule has 0 spiro atoms. The molecule has 0 aliphatic rings. The Kier molecular flexibility index (Phi) is 2.79. The van der Waals surface area contributed by atoms with Crippen molar-refractivity contribution in [1.82, 2.24) is 9.97 Å². The molecule has 15 heavy (non-hydrogen) atoms. The highest BCUT2D eigenvalue weighted by atomic mass is 16.4.